The van der Waals surface area contributed by atoms with Gasteiger partial charge in [0.05, 0.1) is 0 Å². The summed E-state index contributed by atoms with van der Waals surface area (Å²) in [6, 6.07) is 1.90. The molecule has 2 rings (SSSR count). The average Bonchev–Trinajstić information content (AvgIpc) is 2.86. The van der Waals surface area contributed by atoms with Crippen LogP contribution in [0.2, 0.25) is 0 Å². The first-order valence-corrected chi connectivity index (χ1v) is 7.50. The molecule has 0 spiro atoms. The fraction of sp³-hybridized carbons (Fsp3) is 0.294. The second-order valence-electron chi connectivity index (χ2n) is 5.54. The molecule has 1 aliphatic rings. The molecule has 3 N–H and O–H groups in total. The van der Waals surface area contributed by atoms with E-state index < -0.39 is 30.0 Å². The molecule has 0 bridgehead atoms. The van der Waals surface area contributed by atoms with Crippen LogP contribution in [0.25, 0.3) is 5.57 Å². The molecular formula is C17H18F4N4. The zero-order valence-corrected chi connectivity index (χ0v) is 13.6. The normalized spacial score (nSPS) is 20.0. The second-order valence-corrected chi connectivity index (χ2v) is 5.54. The van der Waals surface area contributed by atoms with E-state index in [0.29, 0.717) is 5.71 Å². The van der Waals surface area contributed by atoms with E-state index >= 15 is 0 Å². The van der Waals surface area contributed by atoms with Crippen LogP contribution in [0, 0.1) is 11.6 Å². The number of nitrogens with two attached hydrogens (primary N) is 1. The van der Waals surface area contributed by atoms with Crippen molar-refractivity contribution in [1.82, 2.24) is 5.32 Å². The van der Waals surface area contributed by atoms with Crippen LogP contribution in [0.3, 0.4) is 0 Å². The Kier molecular flexibility index (Phi) is 5.61. The van der Waals surface area contributed by atoms with E-state index in [4.69, 9.17) is 5.73 Å². The van der Waals surface area contributed by atoms with Crippen LogP contribution >= 0.6 is 0 Å². The van der Waals surface area contributed by atoms with Gasteiger partial charge in [0.15, 0.2) is 0 Å². The zero-order chi connectivity index (χ0) is 18.6. The summed E-state index contributed by atoms with van der Waals surface area (Å²) in [6.45, 7) is 5.05. The first kappa shape index (κ1) is 18.7. The third-order valence-corrected chi connectivity index (χ3v) is 3.72. The van der Waals surface area contributed by atoms with Crippen molar-refractivity contribution in [3.63, 3.8) is 0 Å². The Bertz CT molecular complexity index is 753. The van der Waals surface area contributed by atoms with Gasteiger partial charge < -0.3 is 11.1 Å². The Balaban J connectivity index is 2.08. The van der Waals surface area contributed by atoms with Crippen LogP contribution in [0.1, 0.15) is 18.9 Å². The predicted octanol–water partition coefficient (Wildman–Crippen LogP) is 3.26. The first-order chi connectivity index (χ1) is 11.7. The SMILES string of the molecule is C=C(N=C(C)/C(=C\N)c1ccc(F)cc1F)NCC1N=CCC1(F)F. The molecule has 1 aromatic carbocycles. The Morgan fingerprint density at radius 2 is 2.20 bits per heavy atom. The van der Waals surface area contributed by atoms with Crippen molar-refractivity contribution in [1.29, 1.82) is 0 Å². The fourth-order valence-corrected chi connectivity index (χ4v) is 2.38. The Hall–Kier alpha value is -2.64. The smallest absolute Gasteiger partial charge is 0.276 e. The highest BCUT2D eigenvalue weighted by atomic mass is 19.3. The maximum Gasteiger partial charge on any atom is 0.276 e. The molecule has 0 radical (unpaired) electrons. The lowest BCUT2D eigenvalue weighted by molar-refractivity contribution is -0.00575. The molecule has 1 atom stereocenters. The quantitative estimate of drug-likeness (QED) is 0.608. The highest BCUT2D eigenvalue weighted by Gasteiger charge is 2.41. The molecule has 25 heavy (non-hydrogen) atoms. The van der Waals surface area contributed by atoms with Gasteiger partial charge in [0.2, 0.25) is 0 Å². The van der Waals surface area contributed by atoms with Crippen molar-refractivity contribution in [3.05, 3.63) is 54.0 Å². The lowest BCUT2D eigenvalue weighted by Gasteiger charge is -2.18. The summed E-state index contributed by atoms with van der Waals surface area (Å²) < 4.78 is 53.9. The number of alkyl halides is 2. The van der Waals surface area contributed by atoms with E-state index in [0.717, 1.165) is 18.3 Å². The van der Waals surface area contributed by atoms with Gasteiger partial charge in [-0.2, -0.15) is 0 Å². The number of benzene rings is 1. The lowest BCUT2D eigenvalue weighted by Crippen LogP contribution is -2.36. The average molecular weight is 354 g/mol. The van der Waals surface area contributed by atoms with E-state index in [1.807, 2.05) is 0 Å². The number of allylic oxidation sites excluding steroid dienone is 1. The second kappa shape index (κ2) is 7.50. The summed E-state index contributed by atoms with van der Waals surface area (Å²) >= 11 is 0. The molecule has 134 valence electrons. The minimum Gasteiger partial charge on any atom is -0.404 e. The largest absolute Gasteiger partial charge is 0.404 e. The van der Waals surface area contributed by atoms with Crippen molar-refractivity contribution >= 4 is 17.5 Å². The fourth-order valence-electron chi connectivity index (χ4n) is 2.38. The standard InChI is InChI=1S/C17H18F4N4/c1-10(14(8-22)13-4-3-12(18)7-15(13)19)25-11(2)24-9-16-17(20,21)5-6-23-16/h3-4,6-8,16,24H,2,5,9,22H2,1H3/b14-8+,25-10?. The molecule has 0 amide bonds. The van der Waals surface area contributed by atoms with Gasteiger partial charge in [0, 0.05) is 48.3 Å². The van der Waals surface area contributed by atoms with Crippen LogP contribution in [0.15, 0.2) is 46.8 Å². The summed E-state index contributed by atoms with van der Waals surface area (Å²) in [5.74, 6) is -4.29. The number of aliphatic imine (C=N–C) groups is 2. The summed E-state index contributed by atoms with van der Waals surface area (Å²) in [5.41, 5.74) is 6.14. The number of hydrogen-bond donors (Lipinski definition) is 2. The van der Waals surface area contributed by atoms with Crippen LogP contribution in [-0.2, 0) is 0 Å². The van der Waals surface area contributed by atoms with E-state index in [2.05, 4.69) is 21.9 Å². The van der Waals surface area contributed by atoms with E-state index in [1.54, 1.807) is 6.92 Å². The van der Waals surface area contributed by atoms with Crippen molar-refractivity contribution in [2.45, 2.75) is 25.3 Å². The molecule has 1 heterocycles. The molecule has 1 aromatic rings. The minimum absolute atomic E-state index is 0.0740. The number of halogens is 4. The van der Waals surface area contributed by atoms with Gasteiger partial charge in [0.1, 0.15) is 23.5 Å². The van der Waals surface area contributed by atoms with Crippen LogP contribution in [0.4, 0.5) is 17.6 Å². The molecule has 0 fully saturated rings. The van der Waals surface area contributed by atoms with Crippen molar-refractivity contribution in [3.8, 4) is 0 Å². The van der Waals surface area contributed by atoms with Crippen LogP contribution in [0.5, 0.6) is 0 Å². The van der Waals surface area contributed by atoms with E-state index in [9.17, 15) is 17.6 Å². The monoisotopic (exact) mass is 354 g/mol. The summed E-state index contributed by atoms with van der Waals surface area (Å²) in [5, 5.41) is 2.67. The summed E-state index contributed by atoms with van der Waals surface area (Å²) in [6.07, 6.45) is 1.94. The number of hydrogen-bond acceptors (Lipinski definition) is 4. The molecule has 0 saturated heterocycles. The molecule has 1 unspecified atom stereocenters. The molecule has 0 saturated carbocycles. The first-order valence-electron chi connectivity index (χ1n) is 7.50. The van der Waals surface area contributed by atoms with Crippen molar-refractivity contribution < 1.29 is 17.6 Å². The molecule has 0 aliphatic carbocycles. The Labute approximate surface area is 142 Å². The molecule has 4 nitrogen and oxygen atoms in total. The van der Waals surface area contributed by atoms with Gasteiger partial charge in [-0.05, 0) is 19.1 Å². The van der Waals surface area contributed by atoms with Crippen molar-refractivity contribution in [2.75, 3.05) is 6.54 Å². The van der Waals surface area contributed by atoms with Gasteiger partial charge in [-0.25, -0.2) is 22.6 Å². The molecule has 1 aliphatic heterocycles. The Morgan fingerprint density at radius 1 is 1.48 bits per heavy atom. The third kappa shape index (κ3) is 4.46. The van der Waals surface area contributed by atoms with E-state index in [-0.39, 0.29) is 23.5 Å². The molecular weight excluding hydrogens is 336 g/mol. The topological polar surface area (TPSA) is 62.8 Å². The minimum atomic E-state index is -2.90. The number of nitrogens with zero attached hydrogens (tertiary/aromatic N) is 2. The summed E-state index contributed by atoms with van der Waals surface area (Å²) in [4.78, 5) is 7.82. The third-order valence-electron chi connectivity index (χ3n) is 3.72. The highest BCUT2D eigenvalue weighted by molar-refractivity contribution is 6.22. The van der Waals surface area contributed by atoms with Crippen molar-refractivity contribution in [2.24, 2.45) is 15.7 Å². The van der Waals surface area contributed by atoms with Gasteiger partial charge in [0.25, 0.3) is 5.92 Å². The zero-order valence-electron chi connectivity index (χ0n) is 13.6. The van der Waals surface area contributed by atoms with Gasteiger partial charge >= 0.3 is 0 Å². The number of nitrogens with one attached hydrogen (secondary N) is 1. The maximum atomic E-state index is 13.9. The van der Waals surface area contributed by atoms with Gasteiger partial charge in [-0.1, -0.05) is 6.58 Å². The predicted molar refractivity (Wildman–Crippen MR) is 90.6 cm³/mol. The van der Waals surface area contributed by atoms with Gasteiger partial charge in [-0.3, -0.25) is 4.99 Å². The number of rotatable bonds is 6. The molecule has 0 aromatic heterocycles. The molecule has 8 heteroatoms. The van der Waals surface area contributed by atoms with Crippen LogP contribution in [-0.4, -0.2) is 30.4 Å². The van der Waals surface area contributed by atoms with E-state index in [1.165, 1.54) is 12.3 Å². The highest BCUT2D eigenvalue weighted by Crippen LogP contribution is 2.28. The Morgan fingerprint density at radius 3 is 2.76 bits per heavy atom. The van der Waals surface area contributed by atoms with Crippen LogP contribution < -0.4 is 11.1 Å². The lowest BCUT2D eigenvalue weighted by atomic mass is 10.0. The maximum absolute atomic E-state index is 13.9. The van der Waals surface area contributed by atoms with Gasteiger partial charge in [-0.15, -0.1) is 0 Å². The summed E-state index contributed by atoms with van der Waals surface area (Å²) in [7, 11) is 0.